The third-order valence-corrected chi connectivity index (χ3v) is 3.17. The van der Waals surface area contributed by atoms with E-state index in [4.69, 9.17) is 11.5 Å². The number of fused-ring (bicyclic) bond motifs is 1. The summed E-state index contributed by atoms with van der Waals surface area (Å²) in [5, 5.41) is 0. The molecule has 0 atom stereocenters. The maximum Gasteiger partial charge on any atom is 0.280 e. The monoisotopic (exact) mass is 270 g/mol. The lowest BCUT2D eigenvalue weighted by Crippen LogP contribution is -2.13. The van der Waals surface area contributed by atoms with E-state index in [1.165, 1.54) is 0 Å². The summed E-state index contributed by atoms with van der Waals surface area (Å²) in [6, 6.07) is 7.86. The maximum atomic E-state index is 11.7. The van der Waals surface area contributed by atoms with Crippen LogP contribution in [0.3, 0.4) is 0 Å². The third-order valence-electron chi connectivity index (χ3n) is 3.17. The first kappa shape index (κ1) is 12.4. The van der Waals surface area contributed by atoms with Crippen molar-refractivity contribution in [2.45, 2.75) is 13.1 Å². The number of rotatable bonds is 3. The summed E-state index contributed by atoms with van der Waals surface area (Å²) in [6.07, 6.45) is 1.58. The van der Waals surface area contributed by atoms with Gasteiger partial charge in [0.15, 0.2) is 11.2 Å². The van der Waals surface area contributed by atoms with Gasteiger partial charge >= 0.3 is 0 Å². The molecule has 0 spiro atoms. The van der Waals surface area contributed by atoms with Crippen molar-refractivity contribution in [2.24, 2.45) is 5.73 Å². The molecule has 2 aromatic heterocycles. The van der Waals surface area contributed by atoms with Crippen LogP contribution in [0, 0.1) is 0 Å². The average Bonchev–Trinajstić information content (AvgIpc) is 2.83. The van der Waals surface area contributed by atoms with Gasteiger partial charge in [-0.15, -0.1) is 0 Å². The predicted molar refractivity (Wildman–Crippen MR) is 76.0 cm³/mol. The zero-order chi connectivity index (χ0) is 14.1. The van der Waals surface area contributed by atoms with E-state index < -0.39 is 0 Å². The predicted octanol–water partition coefficient (Wildman–Crippen LogP) is 0.209. The standard InChI is InChI=1S/C13H14N6O/c14-5-8-3-1-2-4-9(8)6-19-7-16-10-11(19)17-13(15)18-12(10)20/h1-4,7H,5-6,14H2,(H3,15,17,18,20). The van der Waals surface area contributed by atoms with Crippen molar-refractivity contribution in [3.05, 3.63) is 52.1 Å². The van der Waals surface area contributed by atoms with Crippen LogP contribution in [0.1, 0.15) is 11.1 Å². The van der Waals surface area contributed by atoms with Crippen LogP contribution in [0.25, 0.3) is 11.2 Å². The molecule has 0 bridgehead atoms. The van der Waals surface area contributed by atoms with Gasteiger partial charge in [0.1, 0.15) is 0 Å². The van der Waals surface area contributed by atoms with Crippen LogP contribution < -0.4 is 17.0 Å². The molecule has 7 nitrogen and oxygen atoms in total. The molecule has 0 aliphatic rings. The molecule has 102 valence electrons. The Morgan fingerprint density at radius 1 is 1.25 bits per heavy atom. The van der Waals surface area contributed by atoms with E-state index in [2.05, 4.69) is 15.0 Å². The van der Waals surface area contributed by atoms with Gasteiger partial charge in [-0.25, -0.2) is 4.98 Å². The SMILES string of the molecule is NCc1ccccc1Cn1cnc2c(=O)[nH]c(N)nc21. The molecule has 0 saturated heterocycles. The molecule has 7 heteroatoms. The number of hydrogen-bond acceptors (Lipinski definition) is 5. The number of nitrogens with one attached hydrogen (secondary N) is 1. The summed E-state index contributed by atoms with van der Waals surface area (Å²) in [5.41, 5.74) is 13.8. The average molecular weight is 270 g/mol. The van der Waals surface area contributed by atoms with Gasteiger partial charge < -0.3 is 16.0 Å². The van der Waals surface area contributed by atoms with Crippen LogP contribution in [0.4, 0.5) is 5.95 Å². The van der Waals surface area contributed by atoms with Crippen molar-refractivity contribution in [1.82, 2.24) is 19.5 Å². The summed E-state index contributed by atoms with van der Waals surface area (Å²) in [4.78, 5) is 22.4. The normalized spacial score (nSPS) is 11.1. The zero-order valence-electron chi connectivity index (χ0n) is 10.7. The molecule has 0 amide bonds. The minimum atomic E-state index is -0.335. The molecule has 0 aliphatic carbocycles. The van der Waals surface area contributed by atoms with E-state index in [1.54, 1.807) is 10.9 Å². The van der Waals surface area contributed by atoms with Crippen molar-refractivity contribution in [2.75, 3.05) is 5.73 Å². The van der Waals surface area contributed by atoms with E-state index in [0.717, 1.165) is 11.1 Å². The first-order valence-corrected chi connectivity index (χ1v) is 6.16. The lowest BCUT2D eigenvalue weighted by molar-refractivity contribution is 0.800. The highest BCUT2D eigenvalue weighted by Gasteiger charge is 2.10. The lowest BCUT2D eigenvalue weighted by Gasteiger charge is -2.08. The number of nitrogens with zero attached hydrogens (tertiary/aromatic N) is 3. The van der Waals surface area contributed by atoms with Crippen molar-refractivity contribution < 1.29 is 0 Å². The number of anilines is 1. The van der Waals surface area contributed by atoms with Crippen LogP contribution in [0.15, 0.2) is 35.4 Å². The van der Waals surface area contributed by atoms with Gasteiger partial charge in [0.2, 0.25) is 5.95 Å². The second-order valence-corrected chi connectivity index (χ2v) is 4.47. The van der Waals surface area contributed by atoms with Gasteiger partial charge in [-0.05, 0) is 11.1 Å². The van der Waals surface area contributed by atoms with Gasteiger partial charge in [0.25, 0.3) is 5.56 Å². The molecule has 2 heterocycles. The summed E-state index contributed by atoms with van der Waals surface area (Å²) < 4.78 is 1.79. The van der Waals surface area contributed by atoms with Gasteiger partial charge in [-0.3, -0.25) is 9.78 Å². The maximum absolute atomic E-state index is 11.7. The Morgan fingerprint density at radius 2 is 2.00 bits per heavy atom. The highest BCUT2D eigenvalue weighted by Crippen LogP contribution is 2.13. The van der Waals surface area contributed by atoms with Crippen LogP contribution >= 0.6 is 0 Å². The Bertz CT molecular complexity index is 819. The highest BCUT2D eigenvalue weighted by atomic mass is 16.1. The fourth-order valence-corrected chi connectivity index (χ4v) is 2.18. The molecular weight excluding hydrogens is 256 g/mol. The topological polar surface area (TPSA) is 116 Å². The minimum Gasteiger partial charge on any atom is -0.369 e. The second-order valence-electron chi connectivity index (χ2n) is 4.47. The van der Waals surface area contributed by atoms with Crippen molar-refractivity contribution >= 4 is 17.1 Å². The first-order valence-electron chi connectivity index (χ1n) is 6.16. The fraction of sp³-hybridized carbons (Fsp3) is 0.154. The highest BCUT2D eigenvalue weighted by molar-refractivity contribution is 5.70. The molecule has 0 unspecified atom stereocenters. The van der Waals surface area contributed by atoms with Crippen LogP contribution in [-0.4, -0.2) is 19.5 Å². The lowest BCUT2D eigenvalue weighted by atomic mass is 10.1. The Balaban J connectivity index is 2.09. The number of aromatic amines is 1. The first-order chi connectivity index (χ1) is 9.69. The molecular formula is C13H14N6O. The van der Waals surface area contributed by atoms with E-state index in [1.807, 2.05) is 24.3 Å². The van der Waals surface area contributed by atoms with E-state index in [-0.39, 0.29) is 17.0 Å². The molecule has 3 aromatic rings. The van der Waals surface area contributed by atoms with Crippen molar-refractivity contribution in [1.29, 1.82) is 0 Å². The molecule has 3 rings (SSSR count). The summed E-state index contributed by atoms with van der Waals surface area (Å²) in [6.45, 7) is 0.999. The molecule has 1 aromatic carbocycles. The summed E-state index contributed by atoms with van der Waals surface area (Å²) in [5.74, 6) is 0.0800. The number of H-pyrrole nitrogens is 1. The Hall–Kier alpha value is -2.67. The van der Waals surface area contributed by atoms with Gasteiger partial charge in [0.05, 0.1) is 12.9 Å². The van der Waals surface area contributed by atoms with E-state index in [9.17, 15) is 4.79 Å². The molecule has 0 aliphatic heterocycles. The van der Waals surface area contributed by atoms with Gasteiger partial charge in [-0.1, -0.05) is 24.3 Å². The van der Waals surface area contributed by atoms with Crippen molar-refractivity contribution in [3.8, 4) is 0 Å². The van der Waals surface area contributed by atoms with Crippen LogP contribution in [0.2, 0.25) is 0 Å². The number of benzene rings is 1. The quantitative estimate of drug-likeness (QED) is 0.629. The number of nitrogens with two attached hydrogens (primary N) is 2. The number of imidazole rings is 1. The second kappa shape index (κ2) is 4.78. The number of aromatic nitrogens is 4. The Labute approximate surface area is 114 Å². The number of nitrogen functional groups attached to an aromatic ring is 1. The van der Waals surface area contributed by atoms with Crippen LogP contribution in [-0.2, 0) is 13.1 Å². The van der Waals surface area contributed by atoms with Gasteiger partial charge in [-0.2, -0.15) is 4.98 Å². The largest absolute Gasteiger partial charge is 0.369 e. The minimum absolute atomic E-state index is 0.0800. The molecule has 0 fully saturated rings. The smallest absolute Gasteiger partial charge is 0.280 e. The molecule has 0 saturated carbocycles. The number of hydrogen-bond donors (Lipinski definition) is 3. The summed E-state index contributed by atoms with van der Waals surface area (Å²) in [7, 11) is 0. The zero-order valence-corrected chi connectivity index (χ0v) is 10.7. The summed E-state index contributed by atoms with van der Waals surface area (Å²) >= 11 is 0. The molecule has 0 radical (unpaired) electrons. The molecule has 5 N–H and O–H groups in total. The fourth-order valence-electron chi connectivity index (χ4n) is 2.18. The van der Waals surface area contributed by atoms with E-state index >= 15 is 0 Å². The Kier molecular flexibility index (Phi) is 2.96. The third kappa shape index (κ3) is 2.04. The van der Waals surface area contributed by atoms with Gasteiger partial charge in [0, 0.05) is 6.54 Å². The van der Waals surface area contributed by atoms with Crippen LogP contribution in [0.5, 0.6) is 0 Å². The Morgan fingerprint density at radius 3 is 2.75 bits per heavy atom. The van der Waals surface area contributed by atoms with Crippen molar-refractivity contribution in [3.63, 3.8) is 0 Å². The van der Waals surface area contributed by atoms with E-state index in [0.29, 0.717) is 18.7 Å². The molecule has 20 heavy (non-hydrogen) atoms.